The molecule has 2 heterocycles. The Labute approximate surface area is 118 Å². The summed E-state index contributed by atoms with van der Waals surface area (Å²) in [7, 11) is 0. The molecular formula is C14H19N5O. The van der Waals surface area contributed by atoms with Gasteiger partial charge in [-0.15, -0.1) is 10.2 Å². The van der Waals surface area contributed by atoms with E-state index in [1.165, 1.54) is 0 Å². The Kier molecular flexibility index (Phi) is 3.94. The van der Waals surface area contributed by atoms with E-state index in [0.717, 1.165) is 43.3 Å². The minimum atomic E-state index is 0.541. The summed E-state index contributed by atoms with van der Waals surface area (Å²) in [6.45, 7) is 4.90. The molecule has 0 bridgehead atoms. The molecule has 3 rings (SSSR count). The Bertz CT molecular complexity index is 568. The zero-order valence-electron chi connectivity index (χ0n) is 11.4. The average molecular weight is 273 g/mol. The van der Waals surface area contributed by atoms with Crippen LogP contribution in [0.15, 0.2) is 30.6 Å². The van der Waals surface area contributed by atoms with E-state index in [1.807, 2.05) is 24.3 Å². The van der Waals surface area contributed by atoms with Crippen molar-refractivity contribution < 1.29 is 4.74 Å². The summed E-state index contributed by atoms with van der Waals surface area (Å²) in [4.78, 5) is 2.33. The van der Waals surface area contributed by atoms with Crippen molar-refractivity contribution in [2.75, 3.05) is 19.7 Å². The number of nitrogens with two attached hydrogens (primary N) is 1. The van der Waals surface area contributed by atoms with Gasteiger partial charge >= 0.3 is 0 Å². The number of ether oxygens (including phenoxy) is 1. The van der Waals surface area contributed by atoms with Crippen LogP contribution in [-0.2, 0) is 19.6 Å². The predicted molar refractivity (Wildman–Crippen MR) is 75.1 cm³/mol. The van der Waals surface area contributed by atoms with Gasteiger partial charge in [0.25, 0.3) is 0 Å². The lowest BCUT2D eigenvalue weighted by molar-refractivity contribution is 0.174. The molecule has 0 saturated carbocycles. The van der Waals surface area contributed by atoms with E-state index in [2.05, 4.69) is 19.7 Å². The number of rotatable bonds is 5. The van der Waals surface area contributed by atoms with Crippen molar-refractivity contribution in [3.63, 3.8) is 0 Å². The van der Waals surface area contributed by atoms with Gasteiger partial charge in [0.1, 0.15) is 24.5 Å². The van der Waals surface area contributed by atoms with Crippen LogP contribution >= 0.6 is 0 Å². The maximum absolute atomic E-state index is 5.78. The van der Waals surface area contributed by atoms with E-state index >= 15 is 0 Å². The highest BCUT2D eigenvalue weighted by Gasteiger charge is 2.16. The highest BCUT2D eigenvalue weighted by Crippen LogP contribution is 2.13. The first-order valence-corrected chi connectivity index (χ1v) is 6.86. The molecule has 1 aromatic heterocycles. The molecule has 0 spiro atoms. The number of benzene rings is 1. The number of nitrogens with zero attached hydrogens (tertiary/aromatic N) is 4. The van der Waals surface area contributed by atoms with E-state index in [4.69, 9.17) is 10.5 Å². The third-order valence-electron chi connectivity index (χ3n) is 3.53. The first kappa shape index (κ1) is 13.1. The lowest BCUT2D eigenvalue weighted by Crippen LogP contribution is -2.36. The zero-order chi connectivity index (χ0) is 13.8. The predicted octanol–water partition coefficient (Wildman–Crippen LogP) is 0.631. The van der Waals surface area contributed by atoms with E-state index in [1.54, 1.807) is 6.33 Å². The number of hydrogen-bond acceptors (Lipinski definition) is 5. The van der Waals surface area contributed by atoms with Crippen LogP contribution in [0.2, 0.25) is 0 Å². The van der Waals surface area contributed by atoms with Gasteiger partial charge < -0.3 is 15.0 Å². The van der Waals surface area contributed by atoms with Crippen molar-refractivity contribution >= 4 is 0 Å². The molecule has 0 radical (unpaired) electrons. The fourth-order valence-corrected chi connectivity index (χ4v) is 2.36. The Balaban J connectivity index is 1.48. The molecule has 20 heavy (non-hydrogen) atoms. The van der Waals surface area contributed by atoms with Crippen LogP contribution in [-0.4, -0.2) is 39.4 Å². The van der Waals surface area contributed by atoms with E-state index in [9.17, 15) is 0 Å². The van der Waals surface area contributed by atoms with E-state index in [-0.39, 0.29) is 0 Å². The molecule has 0 atom stereocenters. The molecule has 0 fully saturated rings. The molecule has 6 heteroatoms. The Hall–Kier alpha value is -1.92. The fraction of sp³-hybridized carbons (Fsp3) is 0.429. The van der Waals surface area contributed by atoms with Gasteiger partial charge in [-0.1, -0.05) is 12.1 Å². The Morgan fingerprint density at radius 1 is 1.30 bits per heavy atom. The molecule has 0 unspecified atom stereocenters. The first-order chi connectivity index (χ1) is 9.85. The van der Waals surface area contributed by atoms with E-state index in [0.29, 0.717) is 13.2 Å². The highest BCUT2D eigenvalue weighted by atomic mass is 16.5. The van der Waals surface area contributed by atoms with Crippen molar-refractivity contribution in [1.82, 2.24) is 19.7 Å². The Morgan fingerprint density at radius 3 is 3.15 bits per heavy atom. The van der Waals surface area contributed by atoms with Crippen LogP contribution in [0.5, 0.6) is 5.75 Å². The lowest BCUT2D eigenvalue weighted by Gasteiger charge is -2.26. The van der Waals surface area contributed by atoms with Crippen molar-refractivity contribution in [3.05, 3.63) is 42.0 Å². The summed E-state index contributed by atoms with van der Waals surface area (Å²) in [6.07, 6.45) is 1.79. The standard InChI is InChI=1S/C14H19N5O/c15-9-12-2-1-3-13(8-12)20-7-6-18-4-5-19-11-16-17-14(19)10-18/h1-3,8,11H,4-7,9-10,15H2. The average Bonchev–Trinajstić information content (AvgIpc) is 2.95. The maximum Gasteiger partial charge on any atom is 0.147 e. The van der Waals surface area contributed by atoms with E-state index < -0.39 is 0 Å². The number of hydrogen-bond donors (Lipinski definition) is 1. The summed E-state index contributed by atoms with van der Waals surface area (Å²) in [6, 6.07) is 7.93. The van der Waals surface area contributed by atoms with Gasteiger partial charge in [-0.3, -0.25) is 4.90 Å². The van der Waals surface area contributed by atoms with Crippen LogP contribution in [0.4, 0.5) is 0 Å². The monoisotopic (exact) mass is 273 g/mol. The van der Waals surface area contributed by atoms with Gasteiger partial charge in [0.15, 0.2) is 0 Å². The highest BCUT2D eigenvalue weighted by molar-refractivity contribution is 5.28. The second-order valence-electron chi connectivity index (χ2n) is 4.92. The summed E-state index contributed by atoms with van der Waals surface area (Å²) < 4.78 is 7.88. The molecule has 2 aromatic rings. The molecule has 106 valence electrons. The molecule has 0 aliphatic carbocycles. The van der Waals surface area contributed by atoms with Crippen molar-refractivity contribution in [2.45, 2.75) is 19.6 Å². The summed E-state index contributed by atoms with van der Waals surface area (Å²) >= 11 is 0. The molecule has 1 aromatic carbocycles. The summed E-state index contributed by atoms with van der Waals surface area (Å²) in [5, 5.41) is 8.04. The summed E-state index contributed by atoms with van der Waals surface area (Å²) in [5.41, 5.74) is 6.71. The molecule has 2 N–H and O–H groups in total. The normalized spacial score (nSPS) is 15.1. The fourth-order valence-electron chi connectivity index (χ4n) is 2.36. The molecule has 1 aliphatic heterocycles. The second kappa shape index (κ2) is 6.02. The largest absolute Gasteiger partial charge is 0.492 e. The van der Waals surface area contributed by atoms with Gasteiger partial charge in [0.2, 0.25) is 0 Å². The van der Waals surface area contributed by atoms with Crippen LogP contribution in [0, 0.1) is 0 Å². The third kappa shape index (κ3) is 2.97. The smallest absolute Gasteiger partial charge is 0.147 e. The molecule has 1 aliphatic rings. The minimum Gasteiger partial charge on any atom is -0.492 e. The summed E-state index contributed by atoms with van der Waals surface area (Å²) in [5.74, 6) is 1.91. The Morgan fingerprint density at radius 2 is 2.25 bits per heavy atom. The van der Waals surface area contributed by atoms with Gasteiger partial charge in [0, 0.05) is 26.2 Å². The first-order valence-electron chi connectivity index (χ1n) is 6.86. The van der Waals surface area contributed by atoms with Crippen LogP contribution in [0.25, 0.3) is 0 Å². The SMILES string of the molecule is NCc1cccc(OCCN2CCn3cnnc3C2)c1. The zero-order valence-corrected chi connectivity index (χ0v) is 11.4. The minimum absolute atomic E-state index is 0.541. The third-order valence-corrected chi connectivity index (χ3v) is 3.53. The van der Waals surface area contributed by atoms with Crippen LogP contribution < -0.4 is 10.5 Å². The van der Waals surface area contributed by atoms with Gasteiger partial charge in [0.05, 0.1) is 6.54 Å². The molecule has 0 amide bonds. The lowest BCUT2D eigenvalue weighted by atomic mass is 10.2. The van der Waals surface area contributed by atoms with Crippen LogP contribution in [0.3, 0.4) is 0 Å². The molecule has 0 saturated heterocycles. The topological polar surface area (TPSA) is 69.2 Å². The molecule has 6 nitrogen and oxygen atoms in total. The van der Waals surface area contributed by atoms with Crippen LogP contribution in [0.1, 0.15) is 11.4 Å². The molecular weight excluding hydrogens is 254 g/mol. The van der Waals surface area contributed by atoms with Gasteiger partial charge in [-0.05, 0) is 17.7 Å². The number of aromatic nitrogens is 3. The second-order valence-corrected chi connectivity index (χ2v) is 4.92. The maximum atomic E-state index is 5.78. The van der Waals surface area contributed by atoms with Crippen molar-refractivity contribution in [2.24, 2.45) is 5.73 Å². The quantitative estimate of drug-likeness (QED) is 0.865. The number of fused-ring (bicyclic) bond motifs is 1. The van der Waals surface area contributed by atoms with Gasteiger partial charge in [-0.25, -0.2) is 0 Å². The van der Waals surface area contributed by atoms with Gasteiger partial charge in [-0.2, -0.15) is 0 Å². The van der Waals surface area contributed by atoms with Crippen molar-refractivity contribution in [3.8, 4) is 5.75 Å². The van der Waals surface area contributed by atoms with Crippen molar-refractivity contribution in [1.29, 1.82) is 0 Å².